The first kappa shape index (κ1) is 23.5. The molecular formula is C22H23BrF3NO4. The molecule has 2 aliphatic rings. The molecule has 3 rings (SSSR count). The molecule has 0 aromatic heterocycles. The summed E-state index contributed by atoms with van der Waals surface area (Å²) in [5.41, 5.74) is -0.734. The molecule has 1 aromatic rings. The van der Waals surface area contributed by atoms with Crippen molar-refractivity contribution < 1.29 is 32.3 Å². The predicted octanol–water partition coefficient (Wildman–Crippen LogP) is 5.24. The van der Waals surface area contributed by atoms with Gasteiger partial charge in [-0.05, 0) is 46.1 Å². The average Bonchev–Trinajstić information content (AvgIpc) is 2.91. The minimum absolute atomic E-state index is 0.0351. The van der Waals surface area contributed by atoms with E-state index in [1.165, 1.54) is 0 Å². The van der Waals surface area contributed by atoms with Crippen LogP contribution in [0, 0.1) is 11.3 Å². The minimum atomic E-state index is -4.40. The van der Waals surface area contributed by atoms with Gasteiger partial charge in [-0.2, -0.15) is 13.2 Å². The second-order valence-corrected chi connectivity index (χ2v) is 9.72. The lowest BCUT2D eigenvalue weighted by Gasteiger charge is -2.35. The number of ether oxygens (including phenoxy) is 1. The van der Waals surface area contributed by atoms with E-state index in [0.717, 1.165) is 4.90 Å². The second kappa shape index (κ2) is 8.41. The quantitative estimate of drug-likeness (QED) is 0.419. The molecule has 0 bridgehead atoms. The van der Waals surface area contributed by atoms with Crippen LogP contribution in [0.25, 0.3) is 5.57 Å². The van der Waals surface area contributed by atoms with E-state index < -0.39 is 47.1 Å². The number of hydrogen-bond donors (Lipinski definition) is 0. The Morgan fingerprint density at radius 2 is 1.74 bits per heavy atom. The summed E-state index contributed by atoms with van der Waals surface area (Å²) >= 11 is 3.33. The topological polar surface area (TPSA) is 63.7 Å². The lowest BCUT2D eigenvalue weighted by molar-refractivity contribution is -0.188. The second-order valence-electron chi connectivity index (χ2n) is 8.86. The Bertz CT molecular complexity index is 949. The van der Waals surface area contributed by atoms with Crippen molar-refractivity contribution >= 4 is 39.3 Å². The summed E-state index contributed by atoms with van der Waals surface area (Å²) < 4.78 is 45.8. The molecule has 9 heteroatoms. The number of carbonyl (C=O) groups is 3. The Kier molecular flexibility index (Phi) is 6.37. The summed E-state index contributed by atoms with van der Waals surface area (Å²) in [5.74, 6) is -4.36. The molecule has 168 valence electrons. The van der Waals surface area contributed by atoms with Crippen molar-refractivity contribution in [3.05, 3.63) is 40.1 Å². The van der Waals surface area contributed by atoms with Crippen LogP contribution in [0.5, 0.6) is 0 Å². The van der Waals surface area contributed by atoms with Crippen molar-refractivity contribution in [2.45, 2.75) is 58.7 Å². The fourth-order valence-electron chi connectivity index (χ4n) is 3.80. The van der Waals surface area contributed by atoms with Crippen molar-refractivity contribution in [3.63, 3.8) is 0 Å². The lowest BCUT2D eigenvalue weighted by atomic mass is 9.84. The highest BCUT2D eigenvalue weighted by Gasteiger charge is 2.50. The Morgan fingerprint density at radius 1 is 1.10 bits per heavy atom. The van der Waals surface area contributed by atoms with Gasteiger partial charge in [0.2, 0.25) is 5.76 Å². The number of benzene rings is 1. The molecule has 1 saturated carbocycles. The van der Waals surface area contributed by atoms with E-state index in [0.29, 0.717) is 10.0 Å². The van der Waals surface area contributed by atoms with Crippen LogP contribution >= 0.6 is 15.9 Å². The lowest BCUT2D eigenvalue weighted by Crippen LogP contribution is -2.46. The van der Waals surface area contributed by atoms with Crippen molar-refractivity contribution in [1.82, 2.24) is 4.90 Å². The van der Waals surface area contributed by atoms with Gasteiger partial charge in [-0.1, -0.05) is 40.5 Å². The van der Waals surface area contributed by atoms with E-state index in [9.17, 15) is 27.6 Å². The monoisotopic (exact) mass is 501 g/mol. The van der Waals surface area contributed by atoms with Gasteiger partial charge in [0, 0.05) is 16.1 Å². The summed E-state index contributed by atoms with van der Waals surface area (Å²) in [6.07, 6.45) is -4.27. The fourth-order valence-corrected chi connectivity index (χ4v) is 4.28. The highest BCUT2D eigenvalue weighted by atomic mass is 79.9. The van der Waals surface area contributed by atoms with Crippen molar-refractivity contribution in [1.29, 1.82) is 0 Å². The largest absolute Gasteiger partial charge is 0.419 e. The van der Waals surface area contributed by atoms with Gasteiger partial charge in [-0.15, -0.1) is 0 Å². The first-order chi connectivity index (χ1) is 14.3. The molecule has 2 atom stereocenters. The van der Waals surface area contributed by atoms with Gasteiger partial charge in [-0.3, -0.25) is 19.3 Å². The van der Waals surface area contributed by atoms with Crippen LogP contribution in [-0.4, -0.2) is 34.9 Å². The maximum atomic E-state index is 13.3. The first-order valence-corrected chi connectivity index (χ1v) is 10.8. The van der Waals surface area contributed by atoms with Gasteiger partial charge < -0.3 is 4.74 Å². The normalized spacial score (nSPS) is 22.9. The highest BCUT2D eigenvalue weighted by molar-refractivity contribution is 9.10. The highest BCUT2D eigenvalue weighted by Crippen LogP contribution is 2.42. The van der Waals surface area contributed by atoms with Crippen molar-refractivity contribution in [2.24, 2.45) is 11.3 Å². The molecule has 31 heavy (non-hydrogen) atoms. The zero-order valence-corrected chi connectivity index (χ0v) is 19.0. The number of amides is 2. The molecular weight excluding hydrogens is 479 g/mol. The smallest absolute Gasteiger partial charge is 0.391 e. The summed E-state index contributed by atoms with van der Waals surface area (Å²) in [6, 6.07) is 5.69. The molecule has 0 radical (unpaired) electrons. The summed E-state index contributed by atoms with van der Waals surface area (Å²) in [5, 5.41) is 0. The molecule has 1 fully saturated rings. The fraction of sp³-hybridized carbons (Fsp3) is 0.500. The number of alkyl halides is 3. The third-order valence-electron chi connectivity index (χ3n) is 5.50. The van der Waals surface area contributed by atoms with Gasteiger partial charge >= 0.3 is 12.1 Å². The molecule has 0 saturated heterocycles. The maximum Gasteiger partial charge on any atom is 0.391 e. The summed E-state index contributed by atoms with van der Waals surface area (Å²) in [6.45, 7) is 4.80. The van der Waals surface area contributed by atoms with E-state index in [1.807, 2.05) is 0 Å². The first-order valence-electron chi connectivity index (χ1n) is 9.98. The summed E-state index contributed by atoms with van der Waals surface area (Å²) in [4.78, 5) is 39.9. The van der Waals surface area contributed by atoms with Crippen LogP contribution in [-0.2, 0) is 19.1 Å². The number of imide groups is 1. The van der Waals surface area contributed by atoms with E-state index >= 15 is 0 Å². The van der Waals surface area contributed by atoms with Gasteiger partial charge in [0.15, 0.2) is 0 Å². The van der Waals surface area contributed by atoms with Gasteiger partial charge in [0.05, 0.1) is 16.9 Å². The van der Waals surface area contributed by atoms with E-state index in [1.54, 1.807) is 45.0 Å². The maximum absolute atomic E-state index is 13.3. The molecule has 1 aromatic carbocycles. The molecule has 1 heterocycles. The van der Waals surface area contributed by atoms with Gasteiger partial charge in [0.25, 0.3) is 11.8 Å². The third-order valence-corrected chi connectivity index (χ3v) is 6.19. The molecule has 1 aliphatic carbocycles. The standard InChI is InChI=1S/C22H23BrF3NO4/c1-21(2,3)20(30)31-17-16(14-9-4-5-10-15(14)23)18(28)27(19(17)29)13-8-6-7-12(11-13)22(24,25)26/h4-5,9-10,12-13H,6-8,11H2,1-3H3. The Hall–Kier alpha value is -2.16. The molecule has 0 N–H and O–H groups in total. The number of hydrogen-bond acceptors (Lipinski definition) is 4. The van der Waals surface area contributed by atoms with E-state index in [2.05, 4.69) is 15.9 Å². The molecule has 0 spiro atoms. The zero-order valence-electron chi connectivity index (χ0n) is 17.4. The van der Waals surface area contributed by atoms with Crippen LogP contribution < -0.4 is 0 Å². The number of esters is 1. The van der Waals surface area contributed by atoms with Crippen LogP contribution in [0.1, 0.15) is 52.0 Å². The number of carbonyl (C=O) groups excluding carboxylic acids is 3. The Labute approximate surface area is 186 Å². The predicted molar refractivity (Wildman–Crippen MR) is 110 cm³/mol. The van der Waals surface area contributed by atoms with Crippen LogP contribution in [0.15, 0.2) is 34.5 Å². The Morgan fingerprint density at radius 3 is 2.32 bits per heavy atom. The van der Waals surface area contributed by atoms with Crippen LogP contribution in [0.4, 0.5) is 13.2 Å². The zero-order chi connectivity index (χ0) is 23.1. The van der Waals surface area contributed by atoms with Gasteiger partial charge in [-0.25, -0.2) is 0 Å². The molecule has 2 amide bonds. The SMILES string of the molecule is CC(C)(C)C(=O)OC1=C(c2ccccc2Br)C(=O)N(C2CCCC(C(F)(F)F)C2)C1=O. The van der Waals surface area contributed by atoms with Crippen LogP contribution in [0.2, 0.25) is 0 Å². The average molecular weight is 502 g/mol. The van der Waals surface area contributed by atoms with Crippen LogP contribution in [0.3, 0.4) is 0 Å². The number of halogens is 4. The van der Waals surface area contributed by atoms with Crippen molar-refractivity contribution in [3.8, 4) is 0 Å². The molecule has 2 unspecified atom stereocenters. The third kappa shape index (κ3) is 4.71. The summed E-state index contributed by atoms with van der Waals surface area (Å²) in [7, 11) is 0. The molecule has 5 nitrogen and oxygen atoms in total. The van der Waals surface area contributed by atoms with Gasteiger partial charge in [0.1, 0.15) is 0 Å². The molecule has 1 aliphatic heterocycles. The number of nitrogens with zero attached hydrogens (tertiary/aromatic N) is 1. The number of rotatable bonds is 3. The minimum Gasteiger partial charge on any atom is -0.419 e. The van der Waals surface area contributed by atoms with Crippen molar-refractivity contribution in [2.75, 3.05) is 0 Å². The Balaban J connectivity index is 2.02. The van der Waals surface area contributed by atoms with E-state index in [-0.39, 0.29) is 31.3 Å². The van der Waals surface area contributed by atoms with E-state index in [4.69, 9.17) is 4.74 Å².